The molecule has 7 nitrogen and oxygen atoms in total. The SMILES string of the molecule is Cc1ccc(-c2nnc(SC(C)c3nc(-c4ccccc4)no3)n2N)cc1. The quantitative estimate of drug-likeness (QED) is 0.416. The lowest BCUT2D eigenvalue weighted by Crippen LogP contribution is -2.12. The van der Waals surface area contributed by atoms with Gasteiger partial charge in [0.25, 0.3) is 0 Å². The van der Waals surface area contributed by atoms with Gasteiger partial charge in [0.05, 0.1) is 5.25 Å². The molecular formula is C19H18N6OS. The van der Waals surface area contributed by atoms with E-state index in [0.29, 0.717) is 22.7 Å². The molecule has 0 bridgehead atoms. The fourth-order valence-electron chi connectivity index (χ4n) is 2.57. The van der Waals surface area contributed by atoms with Crippen LogP contribution in [0.3, 0.4) is 0 Å². The second kappa shape index (κ2) is 7.24. The van der Waals surface area contributed by atoms with Gasteiger partial charge in [0.15, 0.2) is 5.82 Å². The average Bonchev–Trinajstić information content (AvgIpc) is 3.31. The molecule has 0 spiro atoms. The zero-order valence-corrected chi connectivity index (χ0v) is 15.7. The van der Waals surface area contributed by atoms with Crippen LogP contribution < -0.4 is 5.84 Å². The molecule has 1 unspecified atom stereocenters. The number of aryl methyl sites for hydroxylation is 1. The molecule has 4 aromatic rings. The summed E-state index contributed by atoms with van der Waals surface area (Å²) >= 11 is 1.42. The molecule has 8 heteroatoms. The van der Waals surface area contributed by atoms with Crippen LogP contribution in [0.5, 0.6) is 0 Å². The Bertz CT molecular complexity index is 1040. The van der Waals surface area contributed by atoms with Crippen molar-refractivity contribution in [3.05, 3.63) is 66.1 Å². The first-order valence-corrected chi connectivity index (χ1v) is 9.33. The summed E-state index contributed by atoms with van der Waals surface area (Å²) in [5.41, 5.74) is 3.00. The van der Waals surface area contributed by atoms with Crippen LogP contribution in [-0.2, 0) is 0 Å². The Morgan fingerprint density at radius 2 is 1.74 bits per heavy atom. The van der Waals surface area contributed by atoms with E-state index in [1.807, 2.05) is 68.4 Å². The summed E-state index contributed by atoms with van der Waals surface area (Å²) in [7, 11) is 0. The van der Waals surface area contributed by atoms with Gasteiger partial charge >= 0.3 is 0 Å². The van der Waals surface area contributed by atoms with Gasteiger partial charge in [-0.25, -0.2) is 4.68 Å². The van der Waals surface area contributed by atoms with Crippen molar-refractivity contribution in [3.63, 3.8) is 0 Å². The number of benzene rings is 2. The summed E-state index contributed by atoms with van der Waals surface area (Å²) in [6.45, 7) is 4.00. The monoisotopic (exact) mass is 378 g/mol. The van der Waals surface area contributed by atoms with Crippen molar-refractivity contribution in [1.82, 2.24) is 25.0 Å². The van der Waals surface area contributed by atoms with E-state index in [2.05, 4.69) is 20.3 Å². The average molecular weight is 378 g/mol. The first-order valence-electron chi connectivity index (χ1n) is 8.45. The van der Waals surface area contributed by atoms with Gasteiger partial charge in [0.1, 0.15) is 0 Å². The highest BCUT2D eigenvalue weighted by molar-refractivity contribution is 7.99. The van der Waals surface area contributed by atoms with Crippen molar-refractivity contribution >= 4 is 11.8 Å². The molecule has 4 rings (SSSR count). The van der Waals surface area contributed by atoms with Crippen LogP contribution in [0.4, 0.5) is 0 Å². The molecule has 2 N–H and O–H groups in total. The van der Waals surface area contributed by atoms with E-state index in [9.17, 15) is 0 Å². The Labute approximate surface area is 160 Å². The Morgan fingerprint density at radius 1 is 1.00 bits per heavy atom. The van der Waals surface area contributed by atoms with E-state index < -0.39 is 0 Å². The fourth-order valence-corrected chi connectivity index (χ4v) is 3.37. The van der Waals surface area contributed by atoms with Crippen LogP contribution in [0.2, 0.25) is 0 Å². The van der Waals surface area contributed by atoms with Gasteiger partial charge in [0, 0.05) is 11.1 Å². The summed E-state index contributed by atoms with van der Waals surface area (Å²) in [6.07, 6.45) is 0. The molecule has 2 aromatic carbocycles. The summed E-state index contributed by atoms with van der Waals surface area (Å²) < 4.78 is 6.90. The van der Waals surface area contributed by atoms with Crippen molar-refractivity contribution in [2.75, 3.05) is 5.84 Å². The number of nitrogens with two attached hydrogens (primary N) is 1. The van der Waals surface area contributed by atoms with Crippen LogP contribution >= 0.6 is 11.8 Å². The predicted molar refractivity (Wildman–Crippen MR) is 104 cm³/mol. The second-order valence-corrected chi connectivity index (χ2v) is 7.43. The molecule has 136 valence electrons. The lowest BCUT2D eigenvalue weighted by Gasteiger charge is -2.06. The Kier molecular flexibility index (Phi) is 4.64. The van der Waals surface area contributed by atoms with Crippen molar-refractivity contribution in [2.24, 2.45) is 0 Å². The maximum absolute atomic E-state index is 6.20. The molecule has 0 fully saturated rings. The number of thioether (sulfide) groups is 1. The highest BCUT2D eigenvalue weighted by Gasteiger charge is 2.21. The summed E-state index contributed by atoms with van der Waals surface area (Å²) in [6, 6.07) is 17.7. The summed E-state index contributed by atoms with van der Waals surface area (Å²) in [4.78, 5) is 4.48. The van der Waals surface area contributed by atoms with Gasteiger partial charge in [-0.15, -0.1) is 10.2 Å². The van der Waals surface area contributed by atoms with Gasteiger partial charge in [0.2, 0.25) is 16.9 Å². The third-order valence-corrected chi connectivity index (χ3v) is 5.12. The topological polar surface area (TPSA) is 95.6 Å². The second-order valence-electron chi connectivity index (χ2n) is 6.12. The maximum Gasteiger partial charge on any atom is 0.240 e. The Balaban J connectivity index is 1.53. The number of hydrogen-bond acceptors (Lipinski definition) is 7. The van der Waals surface area contributed by atoms with Crippen molar-refractivity contribution < 1.29 is 4.52 Å². The predicted octanol–water partition coefficient (Wildman–Crippen LogP) is 3.87. The molecule has 1 atom stereocenters. The van der Waals surface area contributed by atoms with Crippen LogP contribution in [0.15, 0.2) is 64.3 Å². The molecule has 0 amide bonds. The molecule has 0 aliphatic carbocycles. The highest BCUT2D eigenvalue weighted by Crippen LogP contribution is 2.34. The minimum Gasteiger partial charge on any atom is -0.338 e. The molecule has 2 aromatic heterocycles. The van der Waals surface area contributed by atoms with Crippen LogP contribution in [0.1, 0.15) is 23.6 Å². The zero-order valence-electron chi connectivity index (χ0n) is 14.9. The van der Waals surface area contributed by atoms with Gasteiger partial charge in [-0.05, 0) is 13.8 Å². The van der Waals surface area contributed by atoms with Gasteiger partial charge in [-0.2, -0.15) is 4.98 Å². The Morgan fingerprint density at radius 3 is 2.48 bits per heavy atom. The molecular weight excluding hydrogens is 360 g/mol. The third-order valence-electron chi connectivity index (χ3n) is 4.08. The normalized spacial score (nSPS) is 12.2. The molecule has 0 aliphatic rings. The van der Waals surface area contributed by atoms with E-state index in [0.717, 1.165) is 11.1 Å². The van der Waals surface area contributed by atoms with Gasteiger partial charge in [-0.1, -0.05) is 77.1 Å². The first-order chi connectivity index (χ1) is 13.1. The van der Waals surface area contributed by atoms with Crippen LogP contribution in [0, 0.1) is 6.92 Å². The number of rotatable bonds is 5. The minimum absolute atomic E-state index is 0.118. The molecule has 2 heterocycles. The maximum atomic E-state index is 6.20. The van der Waals surface area contributed by atoms with Gasteiger partial charge in [-0.3, -0.25) is 0 Å². The summed E-state index contributed by atoms with van der Waals surface area (Å²) in [5, 5.41) is 12.9. The molecule has 0 saturated carbocycles. The van der Waals surface area contributed by atoms with E-state index >= 15 is 0 Å². The van der Waals surface area contributed by atoms with Crippen molar-refractivity contribution in [3.8, 4) is 22.8 Å². The third kappa shape index (κ3) is 3.56. The lowest BCUT2D eigenvalue weighted by atomic mass is 10.1. The number of hydrogen-bond donors (Lipinski definition) is 1. The molecule has 0 radical (unpaired) electrons. The Hall–Kier alpha value is -3.13. The summed E-state index contributed by atoms with van der Waals surface area (Å²) in [5.74, 6) is 7.89. The highest BCUT2D eigenvalue weighted by atomic mass is 32.2. The molecule has 0 saturated heterocycles. The lowest BCUT2D eigenvalue weighted by molar-refractivity contribution is 0.380. The van der Waals surface area contributed by atoms with E-state index in [-0.39, 0.29) is 5.25 Å². The number of nitrogens with zero attached hydrogens (tertiary/aromatic N) is 5. The minimum atomic E-state index is -0.118. The first kappa shape index (κ1) is 17.3. The smallest absolute Gasteiger partial charge is 0.240 e. The van der Waals surface area contributed by atoms with E-state index in [1.54, 1.807) is 0 Å². The zero-order chi connectivity index (χ0) is 18.8. The van der Waals surface area contributed by atoms with Crippen molar-refractivity contribution in [1.29, 1.82) is 0 Å². The van der Waals surface area contributed by atoms with Crippen LogP contribution in [-0.4, -0.2) is 25.0 Å². The van der Waals surface area contributed by atoms with E-state index in [1.165, 1.54) is 22.0 Å². The van der Waals surface area contributed by atoms with Crippen LogP contribution in [0.25, 0.3) is 22.8 Å². The molecule has 0 aliphatic heterocycles. The van der Waals surface area contributed by atoms with E-state index in [4.69, 9.17) is 10.4 Å². The van der Waals surface area contributed by atoms with Crippen molar-refractivity contribution in [2.45, 2.75) is 24.3 Å². The standard InChI is InChI=1S/C19H18N6OS/c1-12-8-10-15(11-9-12)17-22-23-19(25(17)20)27-13(2)18-21-16(24-26-18)14-6-4-3-5-7-14/h3-11,13H,20H2,1-2H3. The fraction of sp³-hybridized carbons (Fsp3) is 0.158. The number of nitrogen functional groups attached to an aromatic ring is 1. The van der Waals surface area contributed by atoms with Gasteiger partial charge < -0.3 is 10.4 Å². The molecule has 27 heavy (non-hydrogen) atoms. The number of aromatic nitrogens is 5. The largest absolute Gasteiger partial charge is 0.338 e.